The van der Waals surface area contributed by atoms with E-state index in [-0.39, 0.29) is 11.3 Å². The van der Waals surface area contributed by atoms with Gasteiger partial charge in [-0.05, 0) is 28.9 Å². The molecular formula is C9H10BrClO4S. The maximum Gasteiger partial charge on any atom is 0.236 e. The van der Waals surface area contributed by atoms with E-state index in [4.69, 9.17) is 15.4 Å². The first kappa shape index (κ1) is 13.6. The summed E-state index contributed by atoms with van der Waals surface area (Å²) in [5.74, 6) is -0.0819. The average Bonchev–Trinajstić information content (AvgIpc) is 2.12. The summed E-state index contributed by atoms with van der Waals surface area (Å²) in [5, 5.41) is 9.77. The van der Waals surface area contributed by atoms with Crippen molar-refractivity contribution in [1.29, 1.82) is 0 Å². The van der Waals surface area contributed by atoms with Crippen molar-refractivity contribution in [1.82, 2.24) is 0 Å². The summed E-state index contributed by atoms with van der Waals surface area (Å²) in [5.41, 5.74) is 0.701. The van der Waals surface area contributed by atoms with Crippen LogP contribution in [0.3, 0.4) is 0 Å². The number of hydrogen-bond acceptors (Lipinski definition) is 4. The molecule has 0 bridgehead atoms. The summed E-state index contributed by atoms with van der Waals surface area (Å²) in [7, 11) is 2.89. The van der Waals surface area contributed by atoms with Crippen LogP contribution in [0.5, 0.6) is 11.5 Å². The van der Waals surface area contributed by atoms with Gasteiger partial charge in [-0.15, -0.1) is 0 Å². The molecule has 0 aliphatic rings. The number of aromatic hydroxyl groups is 1. The van der Waals surface area contributed by atoms with E-state index in [1.54, 1.807) is 6.92 Å². The molecule has 4 nitrogen and oxygen atoms in total. The molecule has 1 aromatic carbocycles. The number of phenols is 1. The van der Waals surface area contributed by atoms with Crippen LogP contribution in [0, 0.1) is 6.92 Å². The first-order valence-electron chi connectivity index (χ1n) is 4.23. The SMILES string of the molecule is COc1c(Br)cc(CS(=O)(=O)Cl)c(O)c1C. The van der Waals surface area contributed by atoms with E-state index < -0.39 is 14.8 Å². The molecule has 0 saturated carbocycles. The predicted molar refractivity (Wildman–Crippen MR) is 65.6 cm³/mol. The van der Waals surface area contributed by atoms with Gasteiger partial charge < -0.3 is 9.84 Å². The number of methoxy groups -OCH3 is 1. The normalized spacial score (nSPS) is 11.5. The lowest BCUT2D eigenvalue weighted by molar-refractivity contribution is 0.399. The molecule has 0 heterocycles. The minimum absolute atomic E-state index is 0.121. The van der Waals surface area contributed by atoms with Crippen LogP contribution in [0.15, 0.2) is 10.5 Å². The zero-order valence-corrected chi connectivity index (χ0v) is 11.8. The molecule has 0 atom stereocenters. The van der Waals surface area contributed by atoms with Crippen LogP contribution in [0.2, 0.25) is 0 Å². The fourth-order valence-corrected chi connectivity index (χ4v) is 3.04. The van der Waals surface area contributed by atoms with Crippen molar-refractivity contribution in [3.8, 4) is 11.5 Å². The van der Waals surface area contributed by atoms with Gasteiger partial charge in [0.25, 0.3) is 0 Å². The van der Waals surface area contributed by atoms with Gasteiger partial charge in [-0.3, -0.25) is 0 Å². The Balaban J connectivity index is 3.34. The van der Waals surface area contributed by atoms with Gasteiger partial charge in [0.2, 0.25) is 9.05 Å². The molecule has 0 spiro atoms. The smallest absolute Gasteiger partial charge is 0.236 e. The van der Waals surface area contributed by atoms with Crippen molar-refractivity contribution in [2.75, 3.05) is 7.11 Å². The molecule has 0 radical (unpaired) electrons. The van der Waals surface area contributed by atoms with Crippen molar-refractivity contribution in [2.45, 2.75) is 12.7 Å². The minimum Gasteiger partial charge on any atom is -0.507 e. The van der Waals surface area contributed by atoms with Gasteiger partial charge in [0.1, 0.15) is 11.5 Å². The largest absolute Gasteiger partial charge is 0.507 e. The number of rotatable bonds is 3. The minimum atomic E-state index is -3.70. The monoisotopic (exact) mass is 328 g/mol. The average molecular weight is 330 g/mol. The molecule has 0 fully saturated rings. The quantitative estimate of drug-likeness (QED) is 0.866. The van der Waals surface area contributed by atoms with Crippen LogP contribution in [0.25, 0.3) is 0 Å². The maximum absolute atomic E-state index is 10.9. The Labute approximate surface area is 107 Å². The van der Waals surface area contributed by atoms with E-state index in [0.29, 0.717) is 15.8 Å². The Kier molecular flexibility index (Phi) is 4.09. The first-order valence-corrected chi connectivity index (χ1v) is 7.50. The zero-order valence-electron chi connectivity index (χ0n) is 8.62. The Hall–Kier alpha value is -0.460. The summed E-state index contributed by atoms with van der Waals surface area (Å²) in [6, 6.07) is 1.47. The van der Waals surface area contributed by atoms with Gasteiger partial charge in [-0.2, -0.15) is 0 Å². The van der Waals surface area contributed by atoms with E-state index >= 15 is 0 Å². The van der Waals surface area contributed by atoms with Crippen molar-refractivity contribution < 1.29 is 18.3 Å². The summed E-state index contributed by atoms with van der Waals surface area (Å²) in [6.45, 7) is 1.63. The van der Waals surface area contributed by atoms with E-state index in [9.17, 15) is 13.5 Å². The Bertz CT molecular complexity index is 513. The molecule has 0 unspecified atom stereocenters. The number of ether oxygens (including phenoxy) is 1. The molecular weight excluding hydrogens is 320 g/mol. The van der Waals surface area contributed by atoms with Crippen molar-refractivity contribution >= 4 is 35.7 Å². The van der Waals surface area contributed by atoms with Gasteiger partial charge >= 0.3 is 0 Å². The third-order valence-electron chi connectivity index (χ3n) is 2.05. The second-order valence-corrected chi connectivity index (χ2v) is 6.84. The Morgan fingerprint density at radius 3 is 2.56 bits per heavy atom. The van der Waals surface area contributed by atoms with E-state index in [1.807, 2.05) is 0 Å². The second kappa shape index (κ2) is 4.81. The number of halogens is 2. The fraction of sp³-hybridized carbons (Fsp3) is 0.333. The van der Waals surface area contributed by atoms with Crippen molar-refractivity contribution in [3.05, 3.63) is 21.7 Å². The van der Waals surface area contributed by atoms with Gasteiger partial charge in [-0.1, -0.05) is 0 Å². The molecule has 1 rings (SSSR count). The number of phenolic OH excluding ortho intramolecular Hbond substituents is 1. The lowest BCUT2D eigenvalue weighted by Crippen LogP contribution is -1.99. The molecule has 7 heteroatoms. The number of hydrogen-bond donors (Lipinski definition) is 1. The molecule has 0 amide bonds. The van der Waals surface area contributed by atoms with E-state index in [0.717, 1.165) is 0 Å². The lowest BCUT2D eigenvalue weighted by Gasteiger charge is -2.12. The Morgan fingerprint density at radius 1 is 1.56 bits per heavy atom. The van der Waals surface area contributed by atoms with Crippen molar-refractivity contribution in [3.63, 3.8) is 0 Å². The second-order valence-electron chi connectivity index (χ2n) is 3.21. The topological polar surface area (TPSA) is 63.6 Å². The standard InChI is InChI=1S/C9H10BrClO4S/c1-5-8(12)6(4-16(11,13)14)3-7(10)9(5)15-2/h3,12H,4H2,1-2H3. The van der Waals surface area contributed by atoms with Crippen LogP contribution in [0.4, 0.5) is 0 Å². The Morgan fingerprint density at radius 2 is 2.12 bits per heavy atom. The highest BCUT2D eigenvalue weighted by Crippen LogP contribution is 2.38. The highest BCUT2D eigenvalue weighted by atomic mass is 79.9. The predicted octanol–water partition coefficient (Wildman–Crippen LogP) is 2.54. The highest BCUT2D eigenvalue weighted by molar-refractivity contribution is 9.10. The van der Waals surface area contributed by atoms with Crippen LogP contribution in [-0.2, 0) is 14.8 Å². The van der Waals surface area contributed by atoms with E-state index in [1.165, 1.54) is 13.2 Å². The van der Waals surface area contributed by atoms with Crippen molar-refractivity contribution in [2.24, 2.45) is 0 Å². The molecule has 1 N–H and O–H groups in total. The summed E-state index contributed by atoms with van der Waals surface area (Å²) in [4.78, 5) is 0. The van der Waals surface area contributed by atoms with Crippen LogP contribution in [-0.4, -0.2) is 20.6 Å². The lowest BCUT2D eigenvalue weighted by atomic mass is 10.1. The van der Waals surface area contributed by atoms with Gasteiger partial charge in [0.15, 0.2) is 0 Å². The summed E-state index contributed by atoms with van der Waals surface area (Å²) >= 11 is 3.23. The summed E-state index contributed by atoms with van der Waals surface area (Å²) in [6.07, 6.45) is 0. The maximum atomic E-state index is 10.9. The number of benzene rings is 1. The summed E-state index contributed by atoms with van der Waals surface area (Å²) < 4.78 is 27.5. The molecule has 1 aromatic rings. The van der Waals surface area contributed by atoms with Gasteiger partial charge in [0, 0.05) is 21.8 Å². The van der Waals surface area contributed by atoms with Crippen LogP contribution in [0.1, 0.15) is 11.1 Å². The van der Waals surface area contributed by atoms with E-state index in [2.05, 4.69) is 15.9 Å². The molecule has 0 aromatic heterocycles. The highest BCUT2D eigenvalue weighted by Gasteiger charge is 2.17. The van der Waals surface area contributed by atoms with Gasteiger partial charge in [0.05, 0.1) is 17.3 Å². The van der Waals surface area contributed by atoms with Crippen LogP contribution < -0.4 is 4.74 Å². The third kappa shape index (κ3) is 3.02. The molecule has 90 valence electrons. The molecule has 16 heavy (non-hydrogen) atoms. The zero-order chi connectivity index (χ0) is 12.5. The molecule has 0 aliphatic heterocycles. The third-order valence-corrected chi connectivity index (χ3v) is 3.62. The molecule has 0 saturated heterocycles. The fourth-order valence-electron chi connectivity index (χ4n) is 1.36. The molecule has 0 aliphatic carbocycles. The van der Waals surface area contributed by atoms with Gasteiger partial charge in [-0.25, -0.2) is 8.42 Å². The van der Waals surface area contributed by atoms with Crippen LogP contribution >= 0.6 is 26.6 Å². The first-order chi connectivity index (χ1) is 7.26.